The quantitative estimate of drug-likeness (QED) is 0.529. The molecule has 102 valence electrons. The first-order valence-corrected chi connectivity index (χ1v) is 7.96. The molecule has 1 aliphatic heterocycles. The summed E-state index contributed by atoms with van der Waals surface area (Å²) in [6.07, 6.45) is 6.10. The lowest BCUT2D eigenvalue weighted by atomic mass is 10.2. The van der Waals surface area contributed by atoms with Gasteiger partial charge in [-0.25, -0.2) is 8.42 Å². The van der Waals surface area contributed by atoms with Crippen LogP contribution in [0.1, 0.15) is 19.8 Å². The molecule has 18 heavy (non-hydrogen) atoms. The second kappa shape index (κ2) is 6.76. The summed E-state index contributed by atoms with van der Waals surface area (Å²) in [6, 6.07) is -0.250. The molecule has 0 aromatic rings. The zero-order chi connectivity index (χ0) is 13.6. The smallest absolute Gasteiger partial charge is 0.224 e. The number of nitrogens with one attached hydrogen (secondary N) is 1. The van der Waals surface area contributed by atoms with Crippen molar-refractivity contribution in [2.45, 2.75) is 25.8 Å². The molecule has 1 amide bonds. The van der Waals surface area contributed by atoms with E-state index in [-0.39, 0.29) is 30.0 Å². The van der Waals surface area contributed by atoms with E-state index < -0.39 is 9.84 Å². The highest BCUT2D eigenvalue weighted by Gasteiger charge is 2.33. The molecule has 0 radical (unpaired) electrons. The number of carbonyl (C=O) groups is 1. The van der Waals surface area contributed by atoms with E-state index >= 15 is 0 Å². The highest BCUT2D eigenvalue weighted by atomic mass is 32.2. The molecule has 1 saturated heterocycles. The van der Waals surface area contributed by atoms with Crippen LogP contribution in [0, 0.1) is 12.3 Å². The van der Waals surface area contributed by atoms with E-state index in [2.05, 4.69) is 11.2 Å². The molecule has 6 heteroatoms. The second-order valence-corrected chi connectivity index (χ2v) is 6.61. The van der Waals surface area contributed by atoms with E-state index in [0.717, 1.165) is 6.54 Å². The van der Waals surface area contributed by atoms with Crippen molar-refractivity contribution in [3.63, 3.8) is 0 Å². The predicted molar refractivity (Wildman–Crippen MR) is 70.8 cm³/mol. The monoisotopic (exact) mass is 272 g/mol. The van der Waals surface area contributed by atoms with Crippen LogP contribution in [0.5, 0.6) is 0 Å². The molecule has 0 aromatic heterocycles. The van der Waals surface area contributed by atoms with Gasteiger partial charge < -0.3 is 10.2 Å². The Hall–Kier alpha value is -1.06. The fourth-order valence-electron chi connectivity index (χ4n) is 2.06. The van der Waals surface area contributed by atoms with Gasteiger partial charge in [-0.1, -0.05) is 12.8 Å². The number of rotatable bonds is 6. The fourth-order valence-corrected chi connectivity index (χ4v) is 3.79. The molecular formula is C12H20N2O3S. The summed E-state index contributed by atoms with van der Waals surface area (Å²) in [7, 11) is -3.00. The molecule has 0 aromatic carbocycles. The molecule has 1 aliphatic rings. The molecule has 0 aliphatic carbocycles. The van der Waals surface area contributed by atoms with Gasteiger partial charge in [-0.2, -0.15) is 0 Å². The van der Waals surface area contributed by atoms with Crippen LogP contribution in [-0.2, 0) is 14.6 Å². The molecule has 1 unspecified atom stereocenters. The maximum absolute atomic E-state index is 12.0. The summed E-state index contributed by atoms with van der Waals surface area (Å²) >= 11 is 0. The maximum atomic E-state index is 12.0. The Morgan fingerprint density at radius 1 is 1.56 bits per heavy atom. The largest absolute Gasteiger partial charge is 0.327 e. The minimum absolute atomic E-state index is 0.0433. The Morgan fingerprint density at radius 2 is 2.28 bits per heavy atom. The molecule has 1 heterocycles. The van der Waals surface area contributed by atoms with Crippen molar-refractivity contribution in [2.75, 3.05) is 31.1 Å². The average molecular weight is 272 g/mol. The summed E-state index contributed by atoms with van der Waals surface area (Å²) in [6.45, 7) is 3.55. The first-order valence-electron chi connectivity index (χ1n) is 6.14. The first-order chi connectivity index (χ1) is 8.50. The van der Waals surface area contributed by atoms with Crippen LogP contribution < -0.4 is 5.32 Å². The lowest BCUT2D eigenvalue weighted by Crippen LogP contribution is -2.42. The van der Waals surface area contributed by atoms with E-state index in [9.17, 15) is 13.2 Å². The molecule has 0 spiro atoms. The highest BCUT2D eigenvalue weighted by Crippen LogP contribution is 2.18. The normalized spacial score (nSPS) is 21.4. The van der Waals surface area contributed by atoms with Gasteiger partial charge in [-0.3, -0.25) is 4.79 Å². The molecule has 1 fully saturated rings. The van der Waals surface area contributed by atoms with Gasteiger partial charge in [0.25, 0.3) is 0 Å². The number of sulfone groups is 1. The van der Waals surface area contributed by atoms with Gasteiger partial charge in [-0.15, -0.1) is 6.42 Å². The Kier molecular flexibility index (Phi) is 5.63. The molecule has 0 saturated carbocycles. The number of carbonyl (C=O) groups excluding carboxylic acids is 1. The summed E-state index contributed by atoms with van der Waals surface area (Å²) in [5, 5.41) is 3.07. The van der Waals surface area contributed by atoms with Crippen LogP contribution in [0.2, 0.25) is 0 Å². The zero-order valence-electron chi connectivity index (χ0n) is 10.7. The van der Waals surface area contributed by atoms with Crippen LogP contribution in [-0.4, -0.2) is 56.4 Å². The SMILES string of the molecule is C#CCN(C(=O)CCNCC)C1CCS(=O)(=O)C1. The van der Waals surface area contributed by atoms with Gasteiger partial charge in [0.15, 0.2) is 9.84 Å². The number of nitrogens with zero attached hydrogens (tertiary/aromatic N) is 1. The average Bonchev–Trinajstić information content (AvgIpc) is 2.66. The van der Waals surface area contributed by atoms with Crippen LogP contribution in [0.15, 0.2) is 0 Å². The Labute approximate surface area is 109 Å². The van der Waals surface area contributed by atoms with Gasteiger partial charge in [-0.05, 0) is 13.0 Å². The van der Waals surface area contributed by atoms with Crippen molar-refractivity contribution in [3.05, 3.63) is 0 Å². The van der Waals surface area contributed by atoms with Gasteiger partial charge in [0, 0.05) is 19.0 Å². The van der Waals surface area contributed by atoms with Gasteiger partial charge in [0.2, 0.25) is 5.91 Å². The Balaban J connectivity index is 2.60. The summed E-state index contributed by atoms with van der Waals surface area (Å²) in [5.74, 6) is 2.56. The third-order valence-electron chi connectivity index (χ3n) is 3.00. The van der Waals surface area contributed by atoms with Crippen molar-refractivity contribution in [2.24, 2.45) is 0 Å². The minimum atomic E-state index is -3.00. The van der Waals surface area contributed by atoms with Crippen molar-refractivity contribution in [1.82, 2.24) is 10.2 Å². The van der Waals surface area contributed by atoms with E-state index in [1.54, 1.807) is 0 Å². The predicted octanol–water partition coefficient (Wildman–Crippen LogP) is -0.365. The molecule has 1 N–H and O–H groups in total. The van der Waals surface area contributed by atoms with Gasteiger partial charge in [0.1, 0.15) is 0 Å². The highest BCUT2D eigenvalue weighted by molar-refractivity contribution is 7.91. The van der Waals surface area contributed by atoms with Crippen molar-refractivity contribution < 1.29 is 13.2 Å². The summed E-state index contributed by atoms with van der Waals surface area (Å²) in [4.78, 5) is 13.5. The van der Waals surface area contributed by atoms with E-state index in [0.29, 0.717) is 19.4 Å². The van der Waals surface area contributed by atoms with Crippen molar-refractivity contribution in [1.29, 1.82) is 0 Å². The van der Waals surface area contributed by atoms with E-state index in [1.165, 1.54) is 4.90 Å². The van der Waals surface area contributed by atoms with Crippen LogP contribution in [0.25, 0.3) is 0 Å². The van der Waals surface area contributed by atoms with Crippen LogP contribution >= 0.6 is 0 Å². The van der Waals surface area contributed by atoms with E-state index in [1.807, 2.05) is 6.92 Å². The Morgan fingerprint density at radius 3 is 2.78 bits per heavy atom. The standard InChI is InChI=1S/C12H20N2O3S/c1-3-8-14(12(15)5-7-13-4-2)11-6-9-18(16,17)10-11/h1,11,13H,4-10H2,2H3. The van der Waals surface area contributed by atoms with Gasteiger partial charge >= 0.3 is 0 Å². The lowest BCUT2D eigenvalue weighted by Gasteiger charge is -2.26. The minimum Gasteiger partial charge on any atom is -0.327 e. The first kappa shape index (κ1) is 15.0. The third kappa shape index (κ3) is 4.31. The lowest BCUT2D eigenvalue weighted by molar-refractivity contribution is -0.132. The molecule has 1 rings (SSSR count). The molecule has 1 atom stereocenters. The third-order valence-corrected chi connectivity index (χ3v) is 4.75. The maximum Gasteiger partial charge on any atom is 0.224 e. The number of hydrogen-bond acceptors (Lipinski definition) is 4. The van der Waals surface area contributed by atoms with Crippen molar-refractivity contribution in [3.8, 4) is 12.3 Å². The summed E-state index contributed by atoms with van der Waals surface area (Å²) < 4.78 is 22.9. The zero-order valence-corrected chi connectivity index (χ0v) is 11.5. The topological polar surface area (TPSA) is 66.5 Å². The van der Waals surface area contributed by atoms with Crippen molar-refractivity contribution >= 4 is 15.7 Å². The molecule has 0 bridgehead atoms. The fraction of sp³-hybridized carbons (Fsp3) is 0.750. The number of amides is 1. The van der Waals surface area contributed by atoms with Gasteiger partial charge in [0.05, 0.1) is 18.1 Å². The Bertz CT molecular complexity index is 425. The number of terminal acetylenes is 1. The molecule has 5 nitrogen and oxygen atoms in total. The second-order valence-electron chi connectivity index (χ2n) is 4.39. The van der Waals surface area contributed by atoms with Crippen LogP contribution in [0.3, 0.4) is 0 Å². The summed E-state index contributed by atoms with van der Waals surface area (Å²) in [5.41, 5.74) is 0. The number of hydrogen-bond donors (Lipinski definition) is 1. The van der Waals surface area contributed by atoms with Crippen LogP contribution in [0.4, 0.5) is 0 Å². The van der Waals surface area contributed by atoms with E-state index in [4.69, 9.17) is 6.42 Å². The molecular weight excluding hydrogens is 252 g/mol.